The second kappa shape index (κ2) is 10.8. The number of aliphatic hydroxyl groups excluding tert-OH is 3. The smallest absolute Gasteiger partial charge is 0.186 e. The van der Waals surface area contributed by atoms with Crippen LogP contribution in [0.2, 0.25) is 0 Å². The molecular weight excluding hydrogens is 464 g/mol. The summed E-state index contributed by atoms with van der Waals surface area (Å²) in [6.07, 6.45) is 12.3. The molecule has 0 amide bonds. The van der Waals surface area contributed by atoms with Crippen molar-refractivity contribution >= 4 is 0 Å². The van der Waals surface area contributed by atoms with Gasteiger partial charge in [0, 0.05) is 0 Å². The van der Waals surface area contributed by atoms with Crippen LogP contribution >= 0.6 is 0 Å². The number of aliphatic hydroxyl groups is 3. The van der Waals surface area contributed by atoms with Gasteiger partial charge in [0.25, 0.3) is 0 Å². The summed E-state index contributed by atoms with van der Waals surface area (Å²) in [6, 6.07) is 0. The largest absolute Gasteiger partial charge is 0.388 e. The van der Waals surface area contributed by atoms with Crippen LogP contribution in [-0.2, 0) is 9.47 Å². The van der Waals surface area contributed by atoms with E-state index in [1.807, 2.05) is 0 Å². The molecule has 5 nitrogen and oxygen atoms in total. The number of fused-ring (bicyclic) bond motifs is 5. The Morgan fingerprint density at radius 1 is 1.00 bits per heavy atom. The fourth-order valence-electron chi connectivity index (χ4n) is 9.72. The van der Waals surface area contributed by atoms with Crippen LogP contribution in [0.25, 0.3) is 0 Å². The first-order chi connectivity index (χ1) is 17.5. The van der Waals surface area contributed by atoms with E-state index in [-0.39, 0.29) is 18.1 Å². The summed E-state index contributed by atoms with van der Waals surface area (Å²) in [7, 11) is 0. The number of hydrogen-bond donors (Lipinski definition) is 3. The molecule has 0 radical (unpaired) electrons. The van der Waals surface area contributed by atoms with Crippen molar-refractivity contribution in [1.29, 1.82) is 0 Å². The monoisotopic (exact) mass is 518 g/mol. The van der Waals surface area contributed by atoms with Crippen LogP contribution in [0, 0.1) is 46.3 Å². The Morgan fingerprint density at radius 3 is 2.54 bits per heavy atom. The van der Waals surface area contributed by atoms with Crippen molar-refractivity contribution in [3.8, 4) is 0 Å². The van der Waals surface area contributed by atoms with Gasteiger partial charge in [0.15, 0.2) is 6.29 Å². The van der Waals surface area contributed by atoms with Crippen molar-refractivity contribution in [1.82, 2.24) is 0 Å². The maximum atomic E-state index is 10.4. The van der Waals surface area contributed by atoms with Crippen molar-refractivity contribution in [3.63, 3.8) is 0 Å². The highest BCUT2D eigenvalue weighted by atomic mass is 16.7. The fourth-order valence-corrected chi connectivity index (χ4v) is 9.72. The van der Waals surface area contributed by atoms with E-state index in [0.29, 0.717) is 11.3 Å². The lowest BCUT2D eigenvalue weighted by Crippen LogP contribution is -2.55. The van der Waals surface area contributed by atoms with Gasteiger partial charge in [0.05, 0.1) is 12.7 Å². The number of hydrogen-bond acceptors (Lipinski definition) is 5. The molecule has 212 valence electrons. The molecule has 12 atom stereocenters. The summed E-state index contributed by atoms with van der Waals surface area (Å²) in [6.45, 7) is 12.4. The molecule has 0 spiro atoms. The van der Waals surface area contributed by atoms with Crippen molar-refractivity contribution in [2.75, 3.05) is 6.61 Å². The molecule has 1 saturated heterocycles. The molecule has 0 aromatic heterocycles. The maximum Gasteiger partial charge on any atom is 0.186 e. The molecular formula is C32H54O5. The molecule has 12 unspecified atom stereocenters. The lowest BCUT2D eigenvalue weighted by atomic mass is 9.48. The Kier molecular flexibility index (Phi) is 8.23. The molecule has 0 bridgehead atoms. The van der Waals surface area contributed by atoms with Gasteiger partial charge in [0.1, 0.15) is 18.3 Å². The second-order valence-corrected chi connectivity index (χ2v) is 14.5. The lowest BCUT2D eigenvalue weighted by molar-refractivity contribution is -0.287. The number of rotatable bonds is 7. The van der Waals surface area contributed by atoms with E-state index >= 15 is 0 Å². The molecule has 37 heavy (non-hydrogen) atoms. The molecule has 5 heteroatoms. The molecule has 3 saturated carbocycles. The highest BCUT2D eigenvalue weighted by Gasteiger charge is 2.58. The predicted molar refractivity (Wildman–Crippen MR) is 146 cm³/mol. The zero-order chi connectivity index (χ0) is 26.5. The Hall–Kier alpha value is -0.460. The standard InChI is InChI=1S/C32H54O5/c1-19(2)7-6-8-20(3)24-11-12-25-23-10-9-21-17-22(37-30-29(35)28(34)27(33)18-36-30)13-15-31(21,4)26(23)14-16-32(24,25)5/h14,19-25,27-30,33-35H,6-13,15-18H2,1-5H3. The van der Waals surface area contributed by atoms with E-state index in [1.54, 1.807) is 5.57 Å². The van der Waals surface area contributed by atoms with E-state index in [4.69, 9.17) is 9.47 Å². The molecule has 5 aliphatic rings. The Labute approximate surface area is 225 Å². The van der Waals surface area contributed by atoms with Gasteiger partial charge in [-0.2, -0.15) is 0 Å². The third-order valence-corrected chi connectivity index (χ3v) is 12.0. The first-order valence-electron chi connectivity index (χ1n) is 15.6. The molecule has 4 aliphatic carbocycles. The van der Waals surface area contributed by atoms with E-state index in [0.717, 1.165) is 48.9 Å². The van der Waals surface area contributed by atoms with E-state index in [2.05, 4.69) is 40.7 Å². The van der Waals surface area contributed by atoms with E-state index < -0.39 is 24.6 Å². The highest BCUT2D eigenvalue weighted by Crippen LogP contribution is 2.66. The quantitative estimate of drug-likeness (QED) is 0.291. The Morgan fingerprint density at radius 2 is 1.78 bits per heavy atom. The van der Waals surface area contributed by atoms with Gasteiger partial charge in [-0.25, -0.2) is 0 Å². The van der Waals surface area contributed by atoms with E-state index in [1.165, 1.54) is 51.4 Å². The topological polar surface area (TPSA) is 79.2 Å². The average molecular weight is 519 g/mol. The third-order valence-electron chi connectivity index (χ3n) is 12.0. The van der Waals surface area contributed by atoms with Crippen LogP contribution in [-0.4, -0.2) is 52.6 Å². The molecule has 1 aliphatic heterocycles. The zero-order valence-electron chi connectivity index (χ0n) is 24.1. The molecule has 0 aromatic carbocycles. The van der Waals surface area contributed by atoms with Crippen molar-refractivity contribution < 1.29 is 24.8 Å². The molecule has 0 aromatic rings. The zero-order valence-corrected chi connectivity index (χ0v) is 24.1. The Bertz CT molecular complexity index is 826. The average Bonchev–Trinajstić information content (AvgIpc) is 3.21. The minimum absolute atomic E-state index is 0.00279. The minimum atomic E-state index is -1.21. The first kappa shape index (κ1) is 28.1. The van der Waals surface area contributed by atoms with Crippen LogP contribution in [0.4, 0.5) is 0 Å². The van der Waals surface area contributed by atoms with Gasteiger partial charge in [-0.1, -0.05) is 65.5 Å². The molecule has 3 N–H and O–H groups in total. The number of ether oxygens (including phenoxy) is 2. The van der Waals surface area contributed by atoms with Crippen LogP contribution in [0.3, 0.4) is 0 Å². The van der Waals surface area contributed by atoms with Gasteiger partial charge in [-0.05, 0) is 97.7 Å². The fraction of sp³-hybridized carbons (Fsp3) is 0.938. The predicted octanol–water partition coefficient (Wildman–Crippen LogP) is 5.85. The normalized spacial score (nSPS) is 48.7. The molecule has 5 rings (SSSR count). The van der Waals surface area contributed by atoms with E-state index in [9.17, 15) is 15.3 Å². The third kappa shape index (κ3) is 5.10. The summed E-state index contributed by atoms with van der Waals surface area (Å²) >= 11 is 0. The highest BCUT2D eigenvalue weighted by molar-refractivity contribution is 5.29. The second-order valence-electron chi connectivity index (χ2n) is 14.5. The van der Waals surface area contributed by atoms with Gasteiger partial charge in [-0.3, -0.25) is 0 Å². The first-order valence-corrected chi connectivity index (χ1v) is 15.6. The van der Waals surface area contributed by atoms with Gasteiger partial charge >= 0.3 is 0 Å². The van der Waals surface area contributed by atoms with Crippen LogP contribution in [0.15, 0.2) is 11.6 Å². The maximum absolute atomic E-state index is 10.4. The van der Waals surface area contributed by atoms with Crippen molar-refractivity contribution in [3.05, 3.63) is 11.6 Å². The summed E-state index contributed by atoms with van der Waals surface area (Å²) < 4.78 is 11.8. The summed E-state index contributed by atoms with van der Waals surface area (Å²) in [5, 5.41) is 30.2. The summed E-state index contributed by atoms with van der Waals surface area (Å²) in [4.78, 5) is 0. The summed E-state index contributed by atoms with van der Waals surface area (Å²) in [5.41, 5.74) is 2.49. The summed E-state index contributed by atoms with van der Waals surface area (Å²) in [5.74, 6) is 4.71. The van der Waals surface area contributed by atoms with Crippen LogP contribution in [0.5, 0.6) is 0 Å². The number of allylic oxidation sites excluding steroid dienone is 2. The van der Waals surface area contributed by atoms with Gasteiger partial charge < -0.3 is 24.8 Å². The SMILES string of the molecule is CC(C)CCCC(C)C1CCC2C3CCC4CC(OC5OCC(O)C(O)C5O)CCC4(C)C3=CCC12C. The van der Waals surface area contributed by atoms with Crippen molar-refractivity contribution in [2.45, 2.75) is 136 Å². The van der Waals surface area contributed by atoms with Crippen LogP contribution < -0.4 is 0 Å². The lowest BCUT2D eigenvalue weighted by Gasteiger charge is -2.57. The van der Waals surface area contributed by atoms with Crippen molar-refractivity contribution in [2.24, 2.45) is 46.3 Å². The molecule has 1 heterocycles. The van der Waals surface area contributed by atoms with Gasteiger partial charge in [0.2, 0.25) is 0 Å². The van der Waals surface area contributed by atoms with Gasteiger partial charge in [-0.15, -0.1) is 0 Å². The minimum Gasteiger partial charge on any atom is -0.388 e. The van der Waals surface area contributed by atoms with Crippen LogP contribution in [0.1, 0.15) is 105 Å². The Balaban J connectivity index is 1.24. The molecule has 4 fully saturated rings.